The Hall–Kier alpha value is -4.28. The summed E-state index contributed by atoms with van der Waals surface area (Å²) < 4.78 is 0. The Labute approximate surface area is 195 Å². The first-order chi connectivity index (χ1) is 15.9. The summed E-state index contributed by atoms with van der Waals surface area (Å²) in [6.07, 6.45) is 0. The molecule has 1 N–H and O–H groups in total. The molecule has 0 saturated carbocycles. The van der Waals surface area contributed by atoms with Crippen LogP contribution < -0.4 is 10.2 Å². The van der Waals surface area contributed by atoms with Crippen LogP contribution in [0.4, 0.5) is 17.1 Å². The molecule has 0 fully saturated rings. The minimum absolute atomic E-state index is 0.359. The first-order valence-electron chi connectivity index (χ1n) is 10.9. The van der Waals surface area contributed by atoms with Crippen LogP contribution >= 0.6 is 0 Å². The largest absolute Gasteiger partial charge is 0.361 e. The van der Waals surface area contributed by atoms with Crippen molar-refractivity contribution >= 4 is 17.1 Å². The molecule has 0 bridgehead atoms. The van der Waals surface area contributed by atoms with E-state index in [9.17, 15) is 10.5 Å². The first kappa shape index (κ1) is 21.9. The van der Waals surface area contributed by atoms with Crippen molar-refractivity contribution in [1.82, 2.24) is 5.32 Å². The number of nitrogens with one attached hydrogen (secondary N) is 1. The average Bonchev–Trinajstić information content (AvgIpc) is 2.82. The van der Waals surface area contributed by atoms with Gasteiger partial charge in [0.1, 0.15) is 0 Å². The zero-order chi connectivity index (χ0) is 23.5. The van der Waals surface area contributed by atoms with Gasteiger partial charge < -0.3 is 10.2 Å². The molecule has 4 heteroatoms. The summed E-state index contributed by atoms with van der Waals surface area (Å²) in [4.78, 5) is 2.21. The molecule has 0 amide bonds. The lowest BCUT2D eigenvalue weighted by Crippen LogP contribution is -2.23. The van der Waals surface area contributed by atoms with E-state index in [2.05, 4.69) is 96.9 Å². The van der Waals surface area contributed by atoms with Crippen molar-refractivity contribution in [2.75, 3.05) is 4.90 Å². The van der Waals surface area contributed by atoms with Crippen molar-refractivity contribution in [3.63, 3.8) is 0 Å². The second-order valence-corrected chi connectivity index (χ2v) is 8.46. The van der Waals surface area contributed by atoms with E-state index in [1.807, 2.05) is 26.0 Å². The van der Waals surface area contributed by atoms with Crippen molar-refractivity contribution in [3.05, 3.63) is 112 Å². The Bertz CT molecular complexity index is 1230. The Morgan fingerprint density at radius 1 is 0.606 bits per heavy atom. The SMILES string of the molecule is CC1=C(C#N)C(c2ccc(N(c3ccc(C)cc3)c3ccc(C)cc3)cc2)C(C#N)=C(C)N1. The van der Waals surface area contributed by atoms with Gasteiger partial charge in [-0.3, -0.25) is 0 Å². The maximum absolute atomic E-state index is 9.79. The van der Waals surface area contributed by atoms with Crippen LogP contribution in [0.2, 0.25) is 0 Å². The number of rotatable bonds is 4. The summed E-state index contributed by atoms with van der Waals surface area (Å²) in [6.45, 7) is 7.93. The van der Waals surface area contributed by atoms with Crippen LogP contribution in [-0.4, -0.2) is 0 Å². The third-order valence-electron chi connectivity index (χ3n) is 6.07. The van der Waals surface area contributed by atoms with E-state index < -0.39 is 0 Å². The molecule has 3 aromatic rings. The van der Waals surface area contributed by atoms with Crippen LogP contribution in [0.5, 0.6) is 0 Å². The number of allylic oxidation sites excluding steroid dienone is 4. The topological polar surface area (TPSA) is 62.9 Å². The van der Waals surface area contributed by atoms with Gasteiger partial charge in [0, 0.05) is 28.5 Å². The number of benzene rings is 3. The number of aryl methyl sites for hydroxylation is 2. The van der Waals surface area contributed by atoms with Gasteiger partial charge in [-0.25, -0.2) is 0 Å². The van der Waals surface area contributed by atoms with Crippen molar-refractivity contribution < 1.29 is 0 Å². The predicted molar refractivity (Wildman–Crippen MR) is 133 cm³/mol. The van der Waals surface area contributed by atoms with Gasteiger partial charge in [-0.15, -0.1) is 0 Å². The van der Waals surface area contributed by atoms with Gasteiger partial charge in [0.2, 0.25) is 0 Å². The fourth-order valence-electron chi connectivity index (χ4n) is 4.27. The molecule has 1 heterocycles. The molecule has 1 aliphatic rings. The quantitative estimate of drug-likeness (QED) is 0.481. The zero-order valence-corrected chi connectivity index (χ0v) is 19.3. The zero-order valence-electron chi connectivity index (χ0n) is 19.3. The summed E-state index contributed by atoms with van der Waals surface area (Å²) in [7, 11) is 0. The highest BCUT2D eigenvalue weighted by molar-refractivity contribution is 5.77. The molecule has 4 nitrogen and oxygen atoms in total. The summed E-state index contributed by atoms with van der Waals surface area (Å²) >= 11 is 0. The van der Waals surface area contributed by atoms with Gasteiger partial charge in [0.25, 0.3) is 0 Å². The number of dihydropyridines is 1. The van der Waals surface area contributed by atoms with Gasteiger partial charge in [-0.2, -0.15) is 10.5 Å². The van der Waals surface area contributed by atoms with Crippen LogP contribution in [0.25, 0.3) is 0 Å². The Balaban J connectivity index is 1.79. The molecule has 0 saturated heterocycles. The number of hydrogen-bond acceptors (Lipinski definition) is 4. The molecule has 0 spiro atoms. The Kier molecular flexibility index (Phi) is 6.03. The van der Waals surface area contributed by atoms with Gasteiger partial charge in [-0.05, 0) is 69.7 Å². The molecule has 33 heavy (non-hydrogen) atoms. The maximum Gasteiger partial charge on any atom is 0.0975 e. The van der Waals surface area contributed by atoms with Crippen LogP contribution in [0, 0.1) is 36.5 Å². The molecule has 0 aromatic heterocycles. The second-order valence-electron chi connectivity index (χ2n) is 8.46. The van der Waals surface area contributed by atoms with Gasteiger partial charge >= 0.3 is 0 Å². The van der Waals surface area contributed by atoms with Gasteiger partial charge in [0.05, 0.1) is 29.2 Å². The molecule has 4 rings (SSSR count). The Morgan fingerprint density at radius 2 is 0.970 bits per heavy atom. The van der Waals surface area contributed by atoms with Crippen molar-refractivity contribution in [3.8, 4) is 12.1 Å². The molecule has 0 radical (unpaired) electrons. The molecule has 0 aliphatic carbocycles. The normalized spacial score (nSPS) is 13.9. The standard InChI is InChI=1S/C29H26N4/c1-19-5-11-24(12-6-19)33(25-13-7-20(2)8-14-25)26-15-9-23(10-16-26)29-27(17-30)21(3)32-22(4)28(29)18-31/h5-16,29,32H,1-4H3. The van der Waals surface area contributed by atoms with Crippen molar-refractivity contribution in [1.29, 1.82) is 10.5 Å². The number of hydrogen-bond donors (Lipinski definition) is 1. The van der Waals surface area contributed by atoms with Crippen molar-refractivity contribution in [2.24, 2.45) is 0 Å². The number of anilines is 3. The highest BCUT2D eigenvalue weighted by Crippen LogP contribution is 2.40. The van der Waals surface area contributed by atoms with Crippen LogP contribution in [0.1, 0.15) is 36.5 Å². The van der Waals surface area contributed by atoms with E-state index in [0.29, 0.717) is 11.1 Å². The average molecular weight is 431 g/mol. The summed E-state index contributed by atoms with van der Waals surface area (Å²) in [5.41, 5.74) is 9.26. The van der Waals surface area contributed by atoms with Gasteiger partial charge in [0.15, 0.2) is 0 Å². The van der Waals surface area contributed by atoms with E-state index in [-0.39, 0.29) is 5.92 Å². The van der Waals surface area contributed by atoms with E-state index in [1.54, 1.807) is 0 Å². The van der Waals surface area contributed by atoms with E-state index in [1.165, 1.54) is 11.1 Å². The number of nitriles is 2. The fraction of sp³-hybridized carbons (Fsp3) is 0.172. The van der Waals surface area contributed by atoms with E-state index in [4.69, 9.17) is 0 Å². The molecule has 1 aliphatic heterocycles. The minimum Gasteiger partial charge on any atom is -0.361 e. The molecule has 0 unspecified atom stereocenters. The van der Waals surface area contributed by atoms with E-state index in [0.717, 1.165) is 34.0 Å². The van der Waals surface area contributed by atoms with Crippen molar-refractivity contribution in [2.45, 2.75) is 33.6 Å². The molecule has 3 aromatic carbocycles. The lowest BCUT2D eigenvalue weighted by atomic mass is 9.81. The monoisotopic (exact) mass is 430 g/mol. The van der Waals surface area contributed by atoms with Crippen LogP contribution in [-0.2, 0) is 0 Å². The van der Waals surface area contributed by atoms with Crippen LogP contribution in [0.3, 0.4) is 0 Å². The molecular formula is C29H26N4. The minimum atomic E-state index is -0.359. The third-order valence-corrected chi connectivity index (χ3v) is 6.07. The lowest BCUT2D eigenvalue weighted by Gasteiger charge is -2.28. The molecular weight excluding hydrogens is 404 g/mol. The smallest absolute Gasteiger partial charge is 0.0975 e. The maximum atomic E-state index is 9.79. The predicted octanol–water partition coefficient (Wildman–Crippen LogP) is 7.06. The summed E-state index contributed by atoms with van der Waals surface area (Å²) in [5.74, 6) is -0.359. The fourth-order valence-corrected chi connectivity index (χ4v) is 4.27. The molecule has 162 valence electrons. The van der Waals surface area contributed by atoms with Crippen LogP contribution in [0.15, 0.2) is 95.3 Å². The highest BCUT2D eigenvalue weighted by atomic mass is 15.1. The Morgan fingerprint density at radius 3 is 1.33 bits per heavy atom. The first-order valence-corrected chi connectivity index (χ1v) is 10.9. The highest BCUT2D eigenvalue weighted by Gasteiger charge is 2.29. The second kappa shape index (κ2) is 9.07. The molecule has 0 atom stereocenters. The summed E-state index contributed by atoms with van der Waals surface area (Å²) in [6, 6.07) is 29.7. The lowest BCUT2D eigenvalue weighted by molar-refractivity contribution is 0.814. The van der Waals surface area contributed by atoms with E-state index >= 15 is 0 Å². The number of nitrogens with zero attached hydrogens (tertiary/aromatic N) is 3. The van der Waals surface area contributed by atoms with Gasteiger partial charge in [-0.1, -0.05) is 47.5 Å². The third kappa shape index (κ3) is 4.25. The summed E-state index contributed by atoms with van der Waals surface area (Å²) in [5, 5.41) is 22.7.